The van der Waals surface area contributed by atoms with Gasteiger partial charge in [-0.2, -0.15) is 13.5 Å². The standard InChI is InChI=1S/C18H17N5O3.H2S/c19-14(24)13-7-4-8-23(13)17-11-9-12(18(25)26)20-16(11)21-15(22-17)10-5-2-1-3-6-10;/h1-3,5-6,9,13H,4,7-8H2,(H2,19,24)(H,25,26)(H,20,21,22);1H2/t13-;/m0./s1. The largest absolute Gasteiger partial charge is 0.477 e. The Kier molecular flexibility index (Phi) is 5.04. The summed E-state index contributed by atoms with van der Waals surface area (Å²) in [6.45, 7) is 0.627. The van der Waals surface area contributed by atoms with Crippen LogP contribution in [0.4, 0.5) is 5.82 Å². The van der Waals surface area contributed by atoms with Gasteiger partial charge in [-0.15, -0.1) is 0 Å². The minimum atomic E-state index is -1.08. The zero-order chi connectivity index (χ0) is 18.3. The molecule has 9 heteroatoms. The van der Waals surface area contributed by atoms with Crippen molar-refractivity contribution < 1.29 is 14.7 Å². The van der Waals surface area contributed by atoms with Gasteiger partial charge in [0.15, 0.2) is 5.82 Å². The Morgan fingerprint density at radius 2 is 1.96 bits per heavy atom. The van der Waals surface area contributed by atoms with Crippen LogP contribution in [0, 0.1) is 0 Å². The van der Waals surface area contributed by atoms with Crippen LogP contribution in [0.5, 0.6) is 0 Å². The van der Waals surface area contributed by atoms with Crippen LogP contribution in [0.1, 0.15) is 23.3 Å². The smallest absolute Gasteiger partial charge is 0.352 e. The number of aromatic amines is 1. The van der Waals surface area contributed by atoms with Gasteiger partial charge in [0.05, 0.1) is 5.39 Å². The third kappa shape index (κ3) is 3.33. The van der Waals surface area contributed by atoms with Crippen LogP contribution in [0.25, 0.3) is 22.4 Å². The average molecular weight is 385 g/mol. The SMILES string of the molecule is NC(=O)[C@@H]1CCCN1c1nc(-c2ccccc2)nc2[nH]c(C(=O)O)cc12.S. The lowest BCUT2D eigenvalue weighted by Gasteiger charge is -2.24. The number of amides is 1. The first kappa shape index (κ1) is 18.7. The van der Waals surface area contributed by atoms with E-state index in [1.54, 1.807) is 0 Å². The van der Waals surface area contributed by atoms with Crippen molar-refractivity contribution in [2.45, 2.75) is 18.9 Å². The molecule has 140 valence electrons. The number of fused-ring (bicyclic) bond motifs is 1. The highest BCUT2D eigenvalue weighted by Gasteiger charge is 2.32. The molecule has 1 amide bonds. The maximum Gasteiger partial charge on any atom is 0.352 e. The first-order valence-electron chi connectivity index (χ1n) is 8.30. The number of anilines is 1. The molecule has 3 aromatic rings. The molecule has 0 spiro atoms. The Morgan fingerprint density at radius 1 is 1.22 bits per heavy atom. The summed E-state index contributed by atoms with van der Waals surface area (Å²) in [5, 5.41) is 9.87. The number of carboxylic acids is 1. The van der Waals surface area contributed by atoms with Crippen LogP contribution < -0.4 is 10.6 Å². The maximum absolute atomic E-state index is 11.8. The quantitative estimate of drug-likeness (QED) is 0.630. The molecule has 4 rings (SSSR count). The normalized spacial score (nSPS) is 16.3. The molecule has 1 aromatic carbocycles. The second kappa shape index (κ2) is 7.28. The number of hydrogen-bond donors (Lipinski definition) is 3. The average Bonchev–Trinajstić information content (AvgIpc) is 3.28. The number of H-pyrrole nitrogens is 1. The van der Waals surface area contributed by atoms with Gasteiger partial charge in [-0.1, -0.05) is 30.3 Å². The Labute approximate surface area is 161 Å². The van der Waals surface area contributed by atoms with Crippen molar-refractivity contribution in [1.29, 1.82) is 0 Å². The summed E-state index contributed by atoms with van der Waals surface area (Å²) >= 11 is 0. The van der Waals surface area contributed by atoms with E-state index in [0.717, 1.165) is 12.0 Å². The van der Waals surface area contributed by atoms with Gasteiger partial charge < -0.3 is 20.7 Å². The molecule has 0 bridgehead atoms. The minimum absolute atomic E-state index is 0. The molecular formula is C18H19N5O3S. The molecule has 2 aromatic heterocycles. The molecule has 3 heterocycles. The molecule has 0 aliphatic carbocycles. The molecule has 1 aliphatic heterocycles. The zero-order valence-corrected chi connectivity index (χ0v) is 15.3. The predicted molar refractivity (Wildman–Crippen MR) is 106 cm³/mol. The van der Waals surface area contributed by atoms with E-state index in [2.05, 4.69) is 15.0 Å². The van der Waals surface area contributed by atoms with Gasteiger partial charge in [0.25, 0.3) is 0 Å². The van der Waals surface area contributed by atoms with Gasteiger partial charge >= 0.3 is 5.97 Å². The summed E-state index contributed by atoms with van der Waals surface area (Å²) in [7, 11) is 0. The summed E-state index contributed by atoms with van der Waals surface area (Å²) in [4.78, 5) is 37.0. The fourth-order valence-electron chi connectivity index (χ4n) is 3.36. The number of nitrogens with zero attached hydrogens (tertiary/aromatic N) is 3. The third-order valence-electron chi connectivity index (χ3n) is 4.58. The molecule has 1 saturated heterocycles. The topological polar surface area (TPSA) is 125 Å². The van der Waals surface area contributed by atoms with Crippen LogP contribution in [-0.4, -0.2) is 44.5 Å². The number of carbonyl (C=O) groups is 2. The van der Waals surface area contributed by atoms with E-state index in [9.17, 15) is 14.7 Å². The fraction of sp³-hybridized carbons (Fsp3) is 0.222. The number of hydrogen-bond acceptors (Lipinski definition) is 5. The zero-order valence-electron chi connectivity index (χ0n) is 14.3. The van der Waals surface area contributed by atoms with Gasteiger partial charge in [0.2, 0.25) is 5.91 Å². The number of nitrogens with one attached hydrogen (secondary N) is 1. The van der Waals surface area contributed by atoms with Crippen molar-refractivity contribution in [2.24, 2.45) is 5.73 Å². The first-order valence-corrected chi connectivity index (χ1v) is 8.30. The Bertz CT molecular complexity index is 1000. The summed E-state index contributed by atoms with van der Waals surface area (Å²) in [6, 6.07) is 10.4. The van der Waals surface area contributed by atoms with E-state index in [1.807, 2.05) is 35.2 Å². The predicted octanol–water partition coefficient (Wildman–Crippen LogP) is 1.89. The van der Waals surface area contributed by atoms with E-state index in [0.29, 0.717) is 35.6 Å². The molecule has 8 nitrogen and oxygen atoms in total. The highest BCUT2D eigenvalue weighted by atomic mass is 32.1. The minimum Gasteiger partial charge on any atom is -0.477 e. The van der Waals surface area contributed by atoms with Gasteiger partial charge in [-0.25, -0.2) is 14.8 Å². The molecule has 1 fully saturated rings. The Hall–Kier alpha value is -3.07. The lowest BCUT2D eigenvalue weighted by Crippen LogP contribution is -2.40. The van der Waals surface area contributed by atoms with Gasteiger partial charge in [-0.05, 0) is 18.9 Å². The molecule has 27 heavy (non-hydrogen) atoms. The second-order valence-corrected chi connectivity index (χ2v) is 6.24. The molecule has 1 atom stereocenters. The number of aromatic nitrogens is 3. The van der Waals surface area contributed by atoms with Crippen molar-refractivity contribution in [2.75, 3.05) is 11.4 Å². The summed E-state index contributed by atoms with van der Waals surface area (Å²) in [5.74, 6) is -0.506. The monoisotopic (exact) mass is 385 g/mol. The van der Waals surface area contributed by atoms with Crippen molar-refractivity contribution in [3.63, 3.8) is 0 Å². The van der Waals surface area contributed by atoms with Crippen LogP contribution in [0.15, 0.2) is 36.4 Å². The van der Waals surface area contributed by atoms with Gasteiger partial charge in [0.1, 0.15) is 23.2 Å². The lowest BCUT2D eigenvalue weighted by atomic mass is 10.2. The van der Waals surface area contributed by atoms with Gasteiger partial charge in [0, 0.05) is 12.1 Å². The van der Waals surface area contributed by atoms with E-state index < -0.39 is 17.9 Å². The molecular weight excluding hydrogens is 366 g/mol. The number of primary amides is 1. The highest BCUT2D eigenvalue weighted by molar-refractivity contribution is 7.59. The van der Waals surface area contributed by atoms with Crippen LogP contribution >= 0.6 is 13.5 Å². The molecule has 0 unspecified atom stereocenters. The molecule has 0 saturated carbocycles. The highest BCUT2D eigenvalue weighted by Crippen LogP contribution is 2.32. The van der Waals surface area contributed by atoms with Crippen LogP contribution in [0.2, 0.25) is 0 Å². The van der Waals surface area contributed by atoms with Crippen LogP contribution in [-0.2, 0) is 4.79 Å². The second-order valence-electron chi connectivity index (χ2n) is 6.24. The van der Waals surface area contributed by atoms with Crippen LogP contribution in [0.3, 0.4) is 0 Å². The first-order chi connectivity index (χ1) is 12.5. The van der Waals surface area contributed by atoms with Crippen molar-refractivity contribution in [3.8, 4) is 11.4 Å². The molecule has 1 aliphatic rings. The number of carbonyl (C=O) groups excluding carboxylic acids is 1. The lowest BCUT2D eigenvalue weighted by molar-refractivity contribution is -0.119. The fourth-order valence-corrected chi connectivity index (χ4v) is 3.36. The van der Waals surface area contributed by atoms with E-state index in [1.165, 1.54) is 6.07 Å². The number of carboxylic acid groups (broad SMARTS) is 1. The maximum atomic E-state index is 11.8. The molecule has 0 radical (unpaired) electrons. The van der Waals surface area contributed by atoms with Crippen molar-refractivity contribution >= 4 is 42.2 Å². The number of rotatable bonds is 4. The summed E-state index contributed by atoms with van der Waals surface area (Å²) < 4.78 is 0. The molecule has 4 N–H and O–H groups in total. The number of aromatic carboxylic acids is 1. The van der Waals surface area contributed by atoms with Crippen molar-refractivity contribution in [1.82, 2.24) is 15.0 Å². The van der Waals surface area contributed by atoms with E-state index >= 15 is 0 Å². The Balaban J connectivity index is 0.00000210. The third-order valence-corrected chi connectivity index (χ3v) is 4.58. The van der Waals surface area contributed by atoms with E-state index in [-0.39, 0.29) is 19.2 Å². The number of benzene rings is 1. The number of nitrogens with two attached hydrogens (primary N) is 1. The van der Waals surface area contributed by atoms with E-state index in [4.69, 9.17) is 5.73 Å². The summed E-state index contributed by atoms with van der Waals surface area (Å²) in [5.41, 5.74) is 6.79. The Morgan fingerprint density at radius 3 is 2.63 bits per heavy atom. The van der Waals surface area contributed by atoms with Gasteiger partial charge in [-0.3, -0.25) is 4.79 Å². The van der Waals surface area contributed by atoms with Crippen molar-refractivity contribution in [3.05, 3.63) is 42.1 Å². The summed E-state index contributed by atoms with van der Waals surface area (Å²) in [6.07, 6.45) is 1.47.